The van der Waals surface area contributed by atoms with Gasteiger partial charge in [0, 0.05) is 29.5 Å². The molecule has 0 unspecified atom stereocenters. The number of amides is 1. The number of fused-ring (bicyclic) bond motifs is 1. The lowest BCUT2D eigenvalue weighted by Crippen LogP contribution is -2.43. The molecule has 0 bridgehead atoms. The van der Waals surface area contributed by atoms with Crippen LogP contribution < -0.4 is 0 Å². The summed E-state index contributed by atoms with van der Waals surface area (Å²) in [5.41, 5.74) is 1.37. The third-order valence-electron chi connectivity index (χ3n) is 4.62. The zero-order valence-corrected chi connectivity index (χ0v) is 14.7. The average molecular weight is 352 g/mol. The maximum absolute atomic E-state index is 13.2. The quantitative estimate of drug-likeness (QED) is 0.709. The first-order valence-corrected chi connectivity index (χ1v) is 9.46. The largest absolute Gasteiger partial charge is 0.381 e. The van der Waals surface area contributed by atoms with Crippen LogP contribution in [0.1, 0.15) is 28.2 Å². The molecule has 128 valence electrons. The van der Waals surface area contributed by atoms with Crippen LogP contribution in [0, 0.1) is 0 Å². The SMILES string of the molecule is O=C(c1ccc2ccccc2n1)N(Cc1cccs1)C1CCOCC1. The highest BCUT2D eigenvalue weighted by Gasteiger charge is 2.27. The van der Waals surface area contributed by atoms with Crippen molar-refractivity contribution in [3.05, 3.63) is 64.5 Å². The van der Waals surface area contributed by atoms with Gasteiger partial charge in [-0.3, -0.25) is 4.79 Å². The number of carbonyl (C=O) groups excluding carboxylic acids is 1. The molecule has 0 spiro atoms. The summed E-state index contributed by atoms with van der Waals surface area (Å²) in [7, 11) is 0. The fraction of sp³-hybridized carbons (Fsp3) is 0.300. The molecule has 1 aliphatic rings. The zero-order chi connectivity index (χ0) is 17.1. The highest BCUT2D eigenvalue weighted by molar-refractivity contribution is 7.09. The molecule has 0 atom stereocenters. The second-order valence-electron chi connectivity index (χ2n) is 6.25. The number of para-hydroxylation sites is 1. The van der Waals surface area contributed by atoms with Gasteiger partial charge in [-0.2, -0.15) is 0 Å². The van der Waals surface area contributed by atoms with Crippen LogP contribution in [0.4, 0.5) is 0 Å². The number of nitrogens with zero attached hydrogens (tertiary/aromatic N) is 2. The highest BCUT2D eigenvalue weighted by Crippen LogP contribution is 2.22. The lowest BCUT2D eigenvalue weighted by atomic mass is 10.1. The molecule has 1 amide bonds. The molecule has 1 fully saturated rings. The molecule has 0 saturated carbocycles. The molecule has 1 saturated heterocycles. The molecule has 1 aliphatic heterocycles. The van der Waals surface area contributed by atoms with E-state index >= 15 is 0 Å². The Morgan fingerprint density at radius 1 is 1.12 bits per heavy atom. The van der Waals surface area contributed by atoms with E-state index in [0.29, 0.717) is 25.5 Å². The van der Waals surface area contributed by atoms with Gasteiger partial charge < -0.3 is 9.64 Å². The van der Waals surface area contributed by atoms with Gasteiger partial charge >= 0.3 is 0 Å². The summed E-state index contributed by atoms with van der Waals surface area (Å²) in [4.78, 5) is 21.0. The minimum absolute atomic E-state index is 0.00560. The molecule has 3 aromatic rings. The van der Waals surface area contributed by atoms with Crippen LogP contribution in [0.15, 0.2) is 53.9 Å². The van der Waals surface area contributed by atoms with E-state index in [1.165, 1.54) is 4.88 Å². The third-order valence-corrected chi connectivity index (χ3v) is 5.48. The summed E-state index contributed by atoms with van der Waals surface area (Å²) in [6, 6.07) is 16.0. The van der Waals surface area contributed by atoms with Crippen molar-refractivity contribution in [3.8, 4) is 0 Å². The van der Waals surface area contributed by atoms with Crippen molar-refractivity contribution in [2.75, 3.05) is 13.2 Å². The maximum atomic E-state index is 13.2. The van der Waals surface area contributed by atoms with Crippen molar-refractivity contribution >= 4 is 28.1 Å². The fourth-order valence-corrected chi connectivity index (χ4v) is 3.97. The first-order valence-electron chi connectivity index (χ1n) is 8.58. The van der Waals surface area contributed by atoms with E-state index in [1.54, 1.807) is 11.3 Å². The Bertz CT molecular complexity index is 857. The fourth-order valence-electron chi connectivity index (χ4n) is 3.27. The van der Waals surface area contributed by atoms with Crippen molar-refractivity contribution < 1.29 is 9.53 Å². The van der Waals surface area contributed by atoms with Crippen LogP contribution in [0.25, 0.3) is 10.9 Å². The monoisotopic (exact) mass is 352 g/mol. The number of pyridine rings is 1. The molecule has 4 nitrogen and oxygen atoms in total. The van der Waals surface area contributed by atoms with Gasteiger partial charge in [0.25, 0.3) is 5.91 Å². The average Bonchev–Trinajstić information content (AvgIpc) is 3.19. The molecule has 3 heterocycles. The molecule has 0 N–H and O–H groups in total. The van der Waals surface area contributed by atoms with Crippen LogP contribution in [0.5, 0.6) is 0 Å². The van der Waals surface area contributed by atoms with Crippen LogP contribution in [-0.2, 0) is 11.3 Å². The Morgan fingerprint density at radius 2 is 1.96 bits per heavy atom. The van der Waals surface area contributed by atoms with E-state index in [1.807, 2.05) is 47.4 Å². The molecule has 25 heavy (non-hydrogen) atoms. The topological polar surface area (TPSA) is 42.4 Å². The summed E-state index contributed by atoms with van der Waals surface area (Å²) >= 11 is 1.68. The normalized spacial score (nSPS) is 15.4. The Morgan fingerprint density at radius 3 is 2.76 bits per heavy atom. The van der Waals surface area contributed by atoms with E-state index in [-0.39, 0.29) is 11.9 Å². The Hall–Kier alpha value is -2.24. The van der Waals surface area contributed by atoms with Gasteiger partial charge in [-0.05, 0) is 36.4 Å². The van der Waals surface area contributed by atoms with Gasteiger partial charge in [-0.25, -0.2) is 4.98 Å². The van der Waals surface area contributed by atoms with Crippen molar-refractivity contribution in [1.82, 2.24) is 9.88 Å². The van der Waals surface area contributed by atoms with E-state index in [0.717, 1.165) is 23.7 Å². The van der Waals surface area contributed by atoms with Gasteiger partial charge in [0.05, 0.1) is 12.1 Å². The van der Waals surface area contributed by atoms with Gasteiger partial charge in [-0.15, -0.1) is 11.3 Å². The van der Waals surface area contributed by atoms with Gasteiger partial charge in [0.15, 0.2) is 0 Å². The molecule has 5 heteroatoms. The number of aromatic nitrogens is 1. The summed E-state index contributed by atoms with van der Waals surface area (Å²) < 4.78 is 5.48. The second-order valence-corrected chi connectivity index (χ2v) is 7.28. The Balaban J connectivity index is 1.65. The maximum Gasteiger partial charge on any atom is 0.273 e. The molecule has 0 radical (unpaired) electrons. The lowest BCUT2D eigenvalue weighted by molar-refractivity contribution is 0.0267. The van der Waals surface area contributed by atoms with Crippen molar-refractivity contribution in [1.29, 1.82) is 0 Å². The molecular formula is C20H20N2O2S. The summed E-state index contributed by atoms with van der Waals surface area (Å²) in [6.07, 6.45) is 1.76. The van der Waals surface area contributed by atoms with Crippen molar-refractivity contribution in [2.45, 2.75) is 25.4 Å². The zero-order valence-electron chi connectivity index (χ0n) is 13.9. The minimum Gasteiger partial charge on any atom is -0.381 e. The van der Waals surface area contributed by atoms with Crippen molar-refractivity contribution in [3.63, 3.8) is 0 Å². The third kappa shape index (κ3) is 3.57. The van der Waals surface area contributed by atoms with E-state index in [4.69, 9.17) is 4.74 Å². The molecule has 4 rings (SSSR count). The summed E-state index contributed by atoms with van der Waals surface area (Å²) in [6.45, 7) is 2.06. The minimum atomic E-state index is 0.00560. The van der Waals surface area contributed by atoms with Crippen molar-refractivity contribution in [2.24, 2.45) is 0 Å². The number of thiophene rings is 1. The van der Waals surface area contributed by atoms with E-state index in [9.17, 15) is 4.79 Å². The van der Waals surface area contributed by atoms with Crippen LogP contribution in [0.2, 0.25) is 0 Å². The van der Waals surface area contributed by atoms with Gasteiger partial charge in [0.1, 0.15) is 5.69 Å². The van der Waals surface area contributed by atoms with E-state index in [2.05, 4.69) is 16.4 Å². The predicted molar refractivity (Wildman–Crippen MR) is 99.8 cm³/mol. The number of ether oxygens (including phenoxy) is 1. The predicted octanol–water partition coefficient (Wildman–Crippen LogP) is 4.12. The Labute approximate surface area is 151 Å². The Kier molecular flexibility index (Phi) is 4.76. The van der Waals surface area contributed by atoms with Gasteiger partial charge in [0.2, 0.25) is 0 Å². The molecular weight excluding hydrogens is 332 g/mol. The lowest BCUT2D eigenvalue weighted by Gasteiger charge is -2.34. The number of rotatable bonds is 4. The van der Waals surface area contributed by atoms with E-state index < -0.39 is 0 Å². The smallest absolute Gasteiger partial charge is 0.273 e. The number of benzene rings is 1. The van der Waals surface area contributed by atoms with Crippen LogP contribution in [0.3, 0.4) is 0 Å². The highest BCUT2D eigenvalue weighted by atomic mass is 32.1. The van der Waals surface area contributed by atoms with Crippen LogP contribution >= 0.6 is 11.3 Å². The number of hydrogen-bond acceptors (Lipinski definition) is 4. The molecule has 1 aromatic carbocycles. The number of carbonyl (C=O) groups is 1. The molecule has 0 aliphatic carbocycles. The summed E-state index contributed by atoms with van der Waals surface area (Å²) in [5, 5.41) is 3.10. The van der Waals surface area contributed by atoms with Crippen LogP contribution in [-0.4, -0.2) is 35.0 Å². The second kappa shape index (κ2) is 7.33. The number of hydrogen-bond donors (Lipinski definition) is 0. The standard InChI is InChI=1S/C20H20N2O2S/c23-20(19-8-7-15-4-1-2-6-18(15)21-19)22(14-17-5-3-13-25-17)16-9-11-24-12-10-16/h1-8,13,16H,9-12,14H2. The molecule has 2 aromatic heterocycles. The summed E-state index contributed by atoms with van der Waals surface area (Å²) in [5.74, 6) is 0.00560. The first-order chi connectivity index (χ1) is 12.3. The van der Waals surface area contributed by atoms with Gasteiger partial charge in [-0.1, -0.05) is 30.3 Å². The first kappa shape index (κ1) is 16.2.